The van der Waals surface area contributed by atoms with Gasteiger partial charge < -0.3 is 25.6 Å². The Bertz CT molecular complexity index is 1500. The Morgan fingerprint density at radius 1 is 1.30 bits per heavy atom. The number of fused-ring (bicyclic) bond motifs is 1. The number of pyridine rings is 1. The second kappa shape index (κ2) is 9.70. The van der Waals surface area contributed by atoms with E-state index in [1.54, 1.807) is 42.2 Å². The Morgan fingerprint density at radius 2 is 2.11 bits per heavy atom. The lowest BCUT2D eigenvalue weighted by atomic mass is 10.0. The van der Waals surface area contributed by atoms with E-state index in [-0.39, 0.29) is 31.3 Å². The number of nitrogens with one attached hydrogen (secondary N) is 1. The lowest BCUT2D eigenvalue weighted by Crippen LogP contribution is -2.50. The van der Waals surface area contributed by atoms with Gasteiger partial charge in [0, 0.05) is 29.6 Å². The molecule has 1 aliphatic heterocycles. The number of aliphatic imine (C=N–C) groups is 1. The smallest absolute Gasteiger partial charge is 0.213 e. The van der Waals surface area contributed by atoms with Crippen LogP contribution in [0.25, 0.3) is 16.6 Å². The van der Waals surface area contributed by atoms with Gasteiger partial charge in [0.1, 0.15) is 11.6 Å². The third-order valence-electron chi connectivity index (χ3n) is 6.51. The molecule has 4 aromatic rings. The van der Waals surface area contributed by atoms with Crippen LogP contribution >= 0.6 is 0 Å². The highest BCUT2D eigenvalue weighted by atomic mass is 19.1. The number of rotatable bonds is 8. The predicted molar refractivity (Wildman–Crippen MR) is 141 cm³/mol. The Labute approximate surface area is 213 Å². The van der Waals surface area contributed by atoms with Gasteiger partial charge in [-0.3, -0.25) is 0 Å². The molecule has 4 heterocycles. The number of nitrogens with two attached hydrogens (primary N) is 1. The molecular formula is C27H29FN6O3. The van der Waals surface area contributed by atoms with Crippen molar-refractivity contribution in [2.75, 3.05) is 32.2 Å². The van der Waals surface area contributed by atoms with Gasteiger partial charge >= 0.3 is 0 Å². The molecule has 5 rings (SSSR count). The molecule has 0 atom stereocenters. The van der Waals surface area contributed by atoms with E-state index in [1.165, 1.54) is 0 Å². The molecule has 1 aliphatic rings. The van der Waals surface area contributed by atoms with E-state index in [9.17, 15) is 9.50 Å². The molecule has 4 N–H and O–H groups in total. The average molecular weight is 505 g/mol. The molecule has 1 aromatic carbocycles. The van der Waals surface area contributed by atoms with Gasteiger partial charge in [-0.25, -0.2) is 18.9 Å². The van der Waals surface area contributed by atoms with Gasteiger partial charge in [0.15, 0.2) is 5.67 Å². The minimum absolute atomic E-state index is 0.0383. The fourth-order valence-corrected chi connectivity index (χ4v) is 4.35. The van der Waals surface area contributed by atoms with Crippen molar-refractivity contribution in [1.29, 1.82) is 0 Å². The van der Waals surface area contributed by atoms with Gasteiger partial charge in [-0.2, -0.15) is 5.10 Å². The molecule has 10 heteroatoms. The summed E-state index contributed by atoms with van der Waals surface area (Å²) in [5.41, 5.74) is 11.2. The summed E-state index contributed by atoms with van der Waals surface area (Å²) in [4.78, 5) is 8.98. The van der Waals surface area contributed by atoms with Gasteiger partial charge in [0.2, 0.25) is 5.88 Å². The van der Waals surface area contributed by atoms with Crippen LogP contribution in [0.3, 0.4) is 0 Å². The molecule has 0 aliphatic carbocycles. The molecule has 0 radical (unpaired) electrons. The van der Waals surface area contributed by atoms with Crippen LogP contribution in [0.4, 0.5) is 15.8 Å². The number of phenolic OH excluding ortho intramolecular Hbond substituents is 1. The summed E-state index contributed by atoms with van der Waals surface area (Å²) >= 11 is 0. The Morgan fingerprint density at radius 3 is 2.78 bits per heavy atom. The summed E-state index contributed by atoms with van der Waals surface area (Å²) in [6.07, 6.45) is 5.93. The van der Waals surface area contributed by atoms with Crippen LogP contribution in [0.5, 0.6) is 11.6 Å². The maximum Gasteiger partial charge on any atom is 0.213 e. The van der Waals surface area contributed by atoms with Gasteiger partial charge in [-0.15, -0.1) is 0 Å². The standard InChI is InChI=1S/C27H29FN6O3/c1-4-17-8-19(35)5-6-22(17)33-26(29)21-11-32-34-12-18(20-10-30-24(36-3)7-16(20)2)9-23(34)25(21)31-13-27(28)14-37-15-27/h5-12,31,35H,4,13-15H2,1-3H3,(H2,29,33). The van der Waals surface area contributed by atoms with Crippen molar-refractivity contribution >= 4 is 22.7 Å². The lowest BCUT2D eigenvalue weighted by Gasteiger charge is -2.34. The van der Waals surface area contributed by atoms with Crippen LogP contribution in [0.1, 0.15) is 23.6 Å². The first-order chi connectivity index (χ1) is 17.8. The molecule has 192 valence electrons. The number of alkyl halides is 1. The summed E-state index contributed by atoms with van der Waals surface area (Å²) in [5.74, 6) is 0.925. The van der Waals surface area contributed by atoms with Crippen molar-refractivity contribution in [3.8, 4) is 22.8 Å². The molecule has 0 unspecified atom stereocenters. The number of methoxy groups -OCH3 is 1. The zero-order valence-corrected chi connectivity index (χ0v) is 21.0. The predicted octanol–water partition coefficient (Wildman–Crippen LogP) is 4.17. The van der Waals surface area contributed by atoms with Crippen LogP contribution in [-0.4, -0.2) is 58.1 Å². The number of anilines is 1. The maximum atomic E-state index is 14.9. The van der Waals surface area contributed by atoms with Crippen LogP contribution in [0.15, 0.2) is 53.9 Å². The molecule has 0 bridgehead atoms. The van der Waals surface area contributed by atoms with Crippen LogP contribution in [0.2, 0.25) is 0 Å². The largest absolute Gasteiger partial charge is 0.508 e. The van der Waals surface area contributed by atoms with Crippen molar-refractivity contribution in [1.82, 2.24) is 14.6 Å². The van der Waals surface area contributed by atoms with Gasteiger partial charge in [0.05, 0.1) is 55.5 Å². The van der Waals surface area contributed by atoms with Gasteiger partial charge in [-0.1, -0.05) is 6.92 Å². The Kier molecular flexibility index (Phi) is 6.43. The van der Waals surface area contributed by atoms with E-state index in [0.717, 1.165) is 22.3 Å². The van der Waals surface area contributed by atoms with E-state index >= 15 is 0 Å². The zero-order chi connectivity index (χ0) is 26.2. The number of nitrogens with zero attached hydrogens (tertiary/aromatic N) is 4. The monoisotopic (exact) mass is 504 g/mol. The Hall–Kier alpha value is -4.18. The normalized spacial score (nSPS) is 15.0. The van der Waals surface area contributed by atoms with Crippen LogP contribution in [-0.2, 0) is 11.2 Å². The number of phenols is 1. The molecule has 0 saturated carbocycles. The number of ether oxygens (including phenoxy) is 2. The molecule has 1 fully saturated rings. The molecule has 37 heavy (non-hydrogen) atoms. The summed E-state index contributed by atoms with van der Waals surface area (Å²) in [6, 6.07) is 8.79. The number of hydrogen-bond donors (Lipinski definition) is 3. The minimum atomic E-state index is -1.46. The van der Waals surface area contributed by atoms with Crippen molar-refractivity contribution in [2.24, 2.45) is 10.7 Å². The highest BCUT2D eigenvalue weighted by Crippen LogP contribution is 2.33. The first-order valence-electron chi connectivity index (χ1n) is 12.0. The molecule has 0 amide bonds. The topological polar surface area (TPSA) is 119 Å². The molecular weight excluding hydrogens is 475 g/mol. The number of halogens is 1. The number of aromatic hydroxyl groups is 1. The van der Waals surface area contributed by atoms with E-state index in [4.69, 9.17) is 15.2 Å². The molecule has 9 nitrogen and oxygen atoms in total. The van der Waals surface area contributed by atoms with Crippen molar-refractivity contribution in [2.45, 2.75) is 25.9 Å². The fraction of sp³-hybridized carbons (Fsp3) is 0.296. The van der Waals surface area contributed by atoms with Crippen molar-refractivity contribution in [3.63, 3.8) is 0 Å². The highest BCUT2D eigenvalue weighted by Gasteiger charge is 2.39. The van der Waals surface area contributed by atoms with E-state index in [2.05, 4.69) is 20.4 Å². The zero-order valence-electron chi connectivity index (χ0n) is 21.0. The van der Waals surface area contributed by atoms with Crippen molar-refractivity contribution < 1.29 is 19.0 Å². The van der Waals surface area contributed by atoms with Crippen molar-refractivity contribution in [3.05, 3.63) is 65.6 Å². The minimum Gasteiger partial charge on any atom is -0.508 e. The number of hydrogen-bond acceptors (Lipinski definition) is 7. The Balaban J connectivity index is 1.61. The second-order valence-electron chi connectivity index (χ2n) is 9.19. The maximum absolute atomic E-state index is 14.9. The summed E-state index contributed by atoms with van der Waals surface area (Å²) in [7, 11) is 1.58. The number of amidine groups is 1. The first-order valence-corrected chi connectivity index (χ1v) is 12.0. The van der Waals surface area contributed by atoms with Crippen LogP contribution in [0, 0.1) is 6.92 Å². The van der Waals surface area contributed by atoms with Crippen LogP contribution < -0.4 is 15.8 Å². The van der Waals surface area contributed by atoms with E-state index < -0.39 is 5.67 Å². The molecule has 3 aromatic heterocycles. The van der Waals surface area contributed by atoms with Gasteiger partial charge in [0.25, 0.3) is 0 Å². The molecule has 1 saturated heterocycles. The fourth-order valence-electron chi connectivity index (χ4n) is 4.35. The average Bonchev–Trinajstić information content (AvgIpc) is 3.31. The number of aryl methyl sites for hydroxylation is 2. The van der Waals surface area contributed by atoms with E-state index in [0.29, 0.717) is 34.8 Å². The third-order valence-corrected chi connectivity index (χ3v) is 6.51. The third kappa shape index (κ3) is 4.79. The quantitative estimate of drug-likeness (QED) is 0.243. The highest BCUT2D eigenvalue weighted by molar-refractivity contribution is 6.06. The summed E-state index contributed by atoms with van der Waals surface area (Å²) < 4.78 is 26.9. The number of aromatic nitrogens is 3. The van der Waals surface area contributed by atoms with E-state index in [1.807, 2.05) is 32.2 Å². The summed E-state index contributed by atoms with van der Waals surface area (Å²) in [5, 5.41) is 17.7. The van der Waals surface area contributed by atoms with Gasteiger partial charge in [-0.05, 0) is 48.7 Å². The second-order valence-corrected chi connectivity index (χ2v) is 9.19. The summed E-state index contributed by atoms with van der Waals surface area (Å²) in [6.45, 7) is 4.09. The first kappa shape index (κ1) is 24.5. The molecule has 0 spiro atoms. The SMILES string of the molecule is CCc1cc(O)ccc1/N=C(\N)c1cnn2cc(-c3cnc(OC)cc3C)cc2c1NCC1(F)COC1. The lowest BCUT2D eigenvalue weighted by molar-refractivity contribution is -0.121. The number of benzene rings is 1.